The summed E-state index contributed by atoms with van der Waals surface area (Å²) < 4.78 is 27.9. The van der Waals surface area contributed by atoms with E-state index in [0.29, 0.717) is 18.0 Å². The smallest absolute Gasteiger partial charge is 0.306 e. The highest BCUT2D eigenvalue weighted by atomic mass is 35.5. The molecule has 2 rings (SSSR count). The van der Waals surface area contributed by atoms with Crippen LogP contribution in [-0.2, 0) is 5.92 Å². The third-order valence-electron chi connectivity index (χ3n) is 2.80. The zero-order valence-electron chi connectivity index (χ0n) is 9.69. The molecule has 1 aliphatic heterocycles. The standard InChI is InChI=1S/C12H14ClF2N3/c13-9-1-2-11(17-7-9)12(14,15)8-18-5-3-10(16)4-6-18/h1-3,5,7,10H,4,6,8,16H2. The fourth-order valence-corrected chi connectivity index (χ4v) is 1.89. The van der Waals surface area contributed by atoms with Crippen LogP contribution in [0.2, 0.25) is 5.02 Å². The van der Waals surface area contributed by atoms with Gasteiger partial charge in [-0.25, -0.2) is 0 Å². The van der Waals surface area contributed by atoms with Gasteiger partial charge in [0.2, 0.25) is 0 Å². The largest absolute Gasteiger partial charge is 0.371 e. The third kappa shape index (κ3) is 3.17. The molecule has 1 aromatic rings. The summed E-state index contributed by atoms with van der Waals surface area (Å²) in [7, 11) is 0. The van der Waals surface area contributed by atoms with Crippen molar-refractivity contribution in [3.63, 3.8) is 0 Å². The molecule has 0 saturated heterocycles. The molecule has 6 heteroatoms. The quantitative estimate of drug-likeness (QED) is 0.919. The van der Waals surface area contributed by atoms with Crippen LogP contribution in [0.25, 0.3) is 0 Å². The highest BCUT2D eigenvalue weighted by molar-refractivity contribution is 6.30. The Bertz CT molecular complexity index is 433. The Hall–Kier alpha value is -1.20. The van der Waals surface area contributed by atoms with Crippen LogP contribution in [-0.4, -0.2) is 29.0 Å². The second-order valence-corrected chi connectivity index (χ2v) is 4.77. The molecule has 0 bridgehead atoms. The van der Waals surface area contributed by atoms with Crippen molar-refractivity contribution >= 4 is 11.6 Å². The molecule has 1 aromatic heterocycles. The van der Waals surface area contributed by atoms with E-state index in [1.807, 2.05) is 0 Å². The van der Waals surface area contributed by atoms with Crippen LogP contribution in [0.15, 0.2) is 30.6 Å². The Morgan fingerprint density at radius 2 is 2.28 bits per heavy atom. The molecule has 1 aliphatic rings. The summed E-state index contributed by atoms with van der Waals surface area (Å²) in [6.45, 7) is 0.131. The second kappa shape index (κ2) is 5.20. The molecule has 0 spiro atoms. The van der Waals surface area contributed by atoms with Gasteiger partial charge in [0.05, 0.1) is 11.6 Å². The zero-order valence-corrected chi connectivity index (χ0v) is 10.4. The average Bonchev–Trinajstić information content (AvgIpc) is 2.32. The maximum atomic E-state index is 14.0. The molecule has 18 heavy (non-hydrogen) atoms. The molecule has 0 amide bonds. The number of pyridine rings is 1. The van der Waals surface area contributed by atoms with E-state index >= 15 is 0 Å². The number of aromatic nitrogens is 1. The minimum absolute atomic E-state index is 0.0384. The first kappa shape index (κ1) is 13.2. The van der Waals surface area contributed by atoms with E-state index < -0.39 is 12.5 Å². The molecule has 98 valence electrons. The Morgan fingerprint density at radius 3 is 2.83 bits per heavy atom. The molecule has 0 saturated carbocycles. The van der Waals surface area contributed by atoms with Crippen LogP contribution >= 0.6 is 11.6 Å². The Kier molecular flexibility index (Phi) is 3.82. The normalized spacial score (nSPS) is 20.2. The van der Waals surface area contributed by atoms with Crippen molar-refractivity contribution < 1.29 is 8.78 Å². The van der Waals surface area contributed by atoms with Crippen molar-refractivity contribution in [3.8, 4) is 0 Å². The van der Waals surface area contributed by atoms with Crippen molar-refractivity contribution in [1.29, 1.82) is 0 Å². The Labute approximate surface area is 109 Å². The molecule has 2 heterocycles. The van der Waals surface area contributed by atoms with Gasteiger partial charge in [-0.05, 0) is 24.8 Å². The van der Waals surface area contributed by atoms with Gasteiger partial charge < -0.3 is 10.6 Å². The van der Waals surface area contributed by atoms with Crippen molar-refractivity contribution in [3.05, 3.63) is 41.3 Å². The monoisotopic (exact) mass is 273 g/mol. The van der Waals surface area contributed by atoms with Crippen LogP contribution in [0.3, 0.4) is 0 Å². The number of rotatable bonds is 3. The van der Waals surface area contributed by atoms with Gasteiger partial charge in [0.25, 0.3) is 0 Å². The highest BCUT2D eigenvalue weighted by Crippen LogP contribution is 2.28. The summed E-state index contributed by atoms with van der Waals surface area (Å²) in [5.74, 6) is -3.00. The Balaban J connectivity index is 2.07. The number of halogens is 3. The van der Waals surface area contributed by atoms with Crippen LogP contribution in [0, 0.1) is 0 Å². The number of hydrogen-bond donors (Lipinski definition) is 1. The lowest BCUT2D eigenvalue weighted by Gasteiger charge is -2.29. The van der Waals surface area contributed by atoms with Crippen molar-refractivity contribution in [1.82, 2.24) is 9.88 Å². The van der Waals surface area contributed by atoms with Crippen LogP contribution in [0.1, 0.15) is 12.1 Å². The van der Waals surface area contributed by atoms with Gasteiger partial charge in [-0.15, -0.1) is 0 Å². The van der Waals surface area contributed by atoms with Crippen LogP contribution < -0.4 is 5.73 Å². The zero-order chi connectivity index (χ0) is 13.2. The van der Waals surface area contributed by atoms with E-state index in [9.17, 15) is 8.78 Å². The predicted molar refractivity (Wildman–Crippen MR) is 66.4 cm³/mol. The molecule has 0 aromatic carbocycles. The topological polar surface area (TPSA) is 42.1 Å². The lowest BCUT2D eigenvalue weighted by Crippen LogP contribution is -2.38. The summed E-state index contributed by atoms with van der Waals surface area (Å²) >= 11 is 5.63. The van der Waals surface area contributed by atoms with E-state index in [-0.39, 0.29) is 11.7 Å². The minimum Gasteiger partial charge on any atom is -0.371 e. The lowest BCUT2D eigenvalue weighted by molar-refractivity contribution is -0.0327. The summed E-state index contributed by atoms with van der Waals surface area (Å²) in [5.41, 5.74) is 5.39. The van der Waals surface area contributed by atoms with Gasteiger partial charge in [-0.3, -0.25) is 4.98 Å². The number of nitrogens with two attached hydrogens (primary N) is 1. The average molecular weight is 274 g/mol. The van der Waals surface area contributed by atoms with Crippen molar-refractivity contribution in [2.45, 2.75) is 18.4 Å². The molecule has 0 fully saturated rings. The van der Waals surface area contributed by atoms with Gasteiger partial charge in [-0.2, -0.15) is 8.78 Å². The van der Waals surface area contributed by atoms with E-state index in [0.717, 1.165) is 0 Å². The summed E-state index contributed by atoms with van der Waals surface area (Å²) in [6, 6.07) is 2.63. The maximum absolute atomic E-state index is 14.0. The molecule has 1 unspecified atom stereocenters. The van der Waals surface area contributed by atoms with Crippen LogP contribution in [0.4, 0.5) is 8.78 Å². The van der Waals surface area contributed by atoms with E-state index in [1.54, 1.807) is 17.2 Å². The molecular weight excluding hydrogens is 260 g/mol. The lowest BCUT2D eigenvalue weighted by atomic mass is 10.1. The first-order valence-corrected chi connectivity index (χ1v) is 6.03. The highest BCUT2D eigenvalue weighted by Gasteiger charge is 2.35. The van der Waals surface area contributed by atoms with E-state index in [1.165, 1.54) is 18.3 Å². The predicted octanol–water partition coefficient (Wildman–Crippen LogP) is 2.37. The first-order chi connectivity index (χ1) is 8.47. The summed E-state index contributed by atoms with van der Waals surface area (Å²) in [6.07, 6.45) is 5.26. The summed E-state index contributed by atoms with van der Waals surface area (Å²) in [5, 5.41) is 0.346. The molecule has 3 nitrogen and oxygen atoms in total. The van der Waals surface area contributed by atoms with Crippen LogP contribution in [0.5, 0.6) is 0 Å². The van der Waals surface area contributed by atoms with E-state index in [2.05, 4.69) is 4.98 Å². The molecule has 1 atom stereocenters. The fourth-order valence-electron chi connectivity index (χ4n) is 1.78. The number of alkyl halides is 2. The SMILES string of the molecule is NC1C=CN(CC(F)(F)c2ccc(Cl)cn2)CC1. The first-order valence-electron chi connectivity index (χ1n) is 5.65. The molecule has 0 aliphatic carbocycles. The van der Waals surface area contributed by atoms with Gasteiger partial charge in [0, 0.05) is 18.8 Å². The fraction of sp³-hybridized carbons (Fsp3) is 0.417. The Morgan fingerprint density at radius 1 is 1.50 bits per heavy atom. The van der Waals surface area contributed by atoms with Crippen molar-refractivity contribution in [2.75, 3.05) is 13.1 Å². The number of nitrogens with zero attached hydrogens (tertiary/aromatic N) is 2. The maximum Gasteiger partial charge on any atom is 0.306 e. The second-order valence-electron chi connectivity index (χ2n) is 4.33. The summed E-state index contributed by atoms with van der Waals surface area (Å²) in [4.78, 5) is 5.23. The molecule has 0 radical (unpaired) electrons. The van der Waals surface area contributed by atoms with Gasteiger partial charge in [-0.1, -0.05) is 17.7 Å². The molecular formula is C12H14ClF2N3. The van der Waals surface area contributed by atoms with Gasteiger partial charge in [0.1, 0.15) is 5.69 Å². The minimum atomic E-state index is -3.00. The number of hydrogen-bond acceptors (Lipinski definition) is 3. The van der Waals surface area contributed by atoms with Gasteiger partial charge >= 0.3 is 5.92 Å². The van der Waals surface area contributed by atoms with E-state index in [4.69, 9.17) is 17.3 Å². The third-order valence-corrected chi connectivity index (χ3v) is 3.02. The van der Waals surface area contributed by atoms with Crippen molar-refractivity contribution in [2.24, 2.45) is 5.73 Å². The molecule has 2 N–H and O–H groups in total. The van der Waals surface area contributed by atoms with Gasteiger partial charge in [0.15, 0.2) is 0 Å².